The van der Waals surface area contributed by atoms with E-state index >= 15 is 0 Å². The van der Waals surface area contributed by atoms with Crippen LogP contribution in [0.4, 0.5) is 23.7 Å². The summed E-state index contributed by atoms with van der Waals surface area (Å²) in [6.07, 6.45) is -4.07. The largest absolute Gasteiger partial charge is 0.443 e. The van der Waals surface area contributed by atoms with Gasteiger partial charge in [-0.1, -0.05) is 18.2 Å². The van der Waals surface area contributed by atoms with Crippen molar-refractivity contribution in [3.63, 3.8) is 0 Å². The molecule has 0 saturated heterocycles. The lowest BCUT2D eigenvalue weighted by atomic mass is 10.1. The fourth-order valence-electron chi connectivity index (χ4n) is 2.52. The molecule has 0 aliphatic carbocycles. The van der Waals surface area contributed by atoms with Crippen molar-refractivity contribution in [1.82, 2.24) is 5.32 Å². The minimum atomic E-state index is -4.26. The fraction of sp³-hybridized carbons (Fsp3) is 0.562. The van der Waals surface area contributed by atoms with Crippen LogP contribution in [0.5, 0.6) is 0 Å². The Bertz CT molecular complexity index is 580. The number of nitrogens with one attached hydrogen (secondary N) is 1. The van der Waals surface area contributed by atoms with Crippen molar-refractivity contribution < 1.29 is 22.7 Å². The van der Waals surface area contributed by atoms with Gasteiger partial charge in [-0.05, 0) is 38.3 Å². The van der Waals surface area contributed by atoms with Crippen LogP contribution in [0.2, 0.25) is 0 Å². The molecule has 23 heavy (non-hydrogen) atoms. The van der Waals surface area contributed by atoms with Crippen LogP contribution in [0.3, 0.4) is 0 Å². The highest BCUT2D eigenvalue weighted by atomic mass is 19.4. The molecular weight excluding hydrogens is 309 g/mol. The lowest BCUT2D eigenvalue weighted by molar-refractivity contribution is -0.125. The van der Waals surface area contributed by atoms with Gasteiger partial charge in [0, 0.05) is 13.1 Å². The monoisotopic (exact) mass is 330 g/mol. The highest BCUT2D eigenvalue weighted by Crippen LogP contribution is 2.33. The molecule has 4 nitrogen and oxygen atoms in total. The van der Waals surface area contributed by atoms with Crippen molar-refractivity contribution in [1.29, 1.82) is 0 Å². The topological polar surface area (TPSA) is 41.6 Å². The number of anilines is 1. The number of amides is 1. The van der Waals surface area contributed by atoms with Gasteiger partial charge in [0.05, 0.1) is 12.2 Å². The highest BCUT2D eigenvalue weighted by molar-refractivity contribution is 5.91. The van der Waals surface area contributed by atoms with Gasteiger partial charge in [-0.2, -0.15) is 13.2 Å². The number of nitrogens with zero attached hydrogens (tertiary/aromatic N) is 1. The molecule has 1 aromatic rings. The van der Waals surface area contributed by atoms with E-state index in [1.54, 1.807) is 32.9 Å². The van der Waals surface area contributed by atoms with Crippen molar-refractivity contribution in [3.8, 4) is 0 Å². The maximum atomic E-state index is 12.3. The number of hydrogen-bond acceptors (Lipinski definition) is 3. The summed E-state index contributed by atoms with van der Waals surface area (Å²) in [6, 6.07) is 5.40. The van der Waals surface area contributed by atoms with Gasteiger partial charge < -0.3 is 10.1 Å². The number of hydrogen-bond donors (Lipinski definition) is 1. The van der Waals surface area contributed by atoms with E-state index in [-0.39, 0.29) is 6.54 Å². The number of alkyl halides is 3. The first-order valence-corrected chi connectivity index (χ1v) is 7.45. The number of rotatable bonds is 3. The molecule has 1 aromatic carbocycles. The molecular formula is C16H21F3N2O2. The Morgan fingerprint density at radius 3 is 2.61 bits per heavy atom. The van der Waals surface area contributed by atoms with Crippen LogP contribution in [-0.4, -0.2) is 31.0 Å². The van der Waals surface area contributed by atoms with E-state index in [1.807, 2.05) is 6.07 Å². The molecule has 0 fully saturated rings. The second-order valence-corrected chi connectivity index (χ2v) is 6.53. The number of ether oxygens (including phenoxy) is 1. The summed E-state index contributed by atoms with van der Waals surface area (Å²) in [6.45, 7) is 4.78. The average Bonchev–Trinajstić information content (AvgIpc) is 2.80. The SMILES string of the molecule is CC(C)(C)OC(=O)N1CCc2cccc(CNCC(F)(F)F)c21. The Morgan fingerprint density at radius 1 is 1.30 bits per heavy atom. The zero-order valence-electron chi connectivity index (χ0n) is 13.5. The number of halogens is 3. The first kappa shape index (κ1) is 17.6. The van der Waals surface area contributed by atoms with Gasteiger partial charge in [-0.15, -0.1) is 0 Å². The van der Waals surface area contributed by atoms with E-state index < -0.39 is 24.4 Å². The van der Waals surface area contributed by atoms with E-state index in [9.17, 15) is 18.0 Å². The number of benzene rings is 1. The van der Waals surface area contributed by atoms with Crippen molar-refractivity contribution in [2.45, 2.75) is 45.5 Å². The van der Waals surface area contributed by atoms with Crippen LogP contribution in [0.25, 0.3) is 0 Å². The number of carbonyl (C=O) groups excluding carboxylic acids is 1. The molecule has 2 rings (SSSR count). The van der Waals surface area contributed by atoms with E-state index in [4.69, 9.17) is 4.74 Å². The maximum absolute atomic E-state index is 12.3. The molecule has 1 amide bonds. The highest BCUT2D eigenvalue weighted by Gasteiger charge is 2.31. The molecule has 0 saturated carbocycles. The second-order valence-electron chi connectivity index (χ2n) is 6.53. The van der Waals surface area contributed by atoms with Crippen molar-refractivity contribution in [2.24, 2.45) is 0 Å². The Kier molecular flexibility index (Phi) is 4.89. The zero-order valence-corrected chi connectivity index (χ0v) is 13.5. The Morgan fingerprint density at radius 2 is 2.00 bits per heavy atom. The summed E-state index contributed by atoms with van der Waals surface area (Å²) in [4.78, 5) is 13.8. The molecule has 1 aliphatic rings. The number of fused-ring (bicyclic) bond motifs is 1. The quantitative estimate of drug-likeness (QED) is 0.920. The number of para-hydroxylation sites is 1. The standard InChI is InChI=1S/C16H21F3N2O2/c1-15(2,3)23-14(22)21-8-7-11-5-4-6-12(13(11)21)9-20-10-16(17,18)19/h4-6,20H,7-10H2,1-3H3. The molecule has 1 heterocycles. The summed E-state index contributed by atoms with van der Waals surface area (Å²) < 4.78 is 42.2. The van der Waals surface area contributed by atoms with Crippen LogP contribution < -0.4 is 10.2 Å². The van der Waals surface area contributed by atoms with Crippen molar-refractivity contribution in [2.75, 3.05) is 18.0 Å². The normalized spacial score (nSPS) is 14.8. The van der Waals surface area contributed by atoms with E-state index in [2.05, 4.69) is 5.32 Å². The smallest absolute Gasteiger partial charge is 0.414 e. The summed E-state index contributed by atoms with van der Waals surface area (Å²) in [5, 5.41) is 2.38. The third-order valence-corrected chi connectivity index (χ3v) is 3.33. The lowest BCUT2D eigenvalue weighted by Crippen LogP contribution is -2.36. The first-order valence-electron chi connectivity index (χ1n) is 7.45. The van der Waals surface area contributed by atoms with Crippen LogP contribution >= 0.6 is 0 Å². The molecule has 0 bridgehead atoms. The Labute approximate surface area is 133 Å². The van der Waals surface area contributed by atoms with Gasteiger partial charge >= 0.3 is 12.3 Å². The number of carbonyl (C=O) groups is 1. The summed E-state index contributed by atoms with van der Waals surface area (Å²) >= 11 is 0. The van der Waals surface area contributed by atoms with E-state index in [0.717, 1.165) is 5.56 Å². The van der Waals surface area contributed by atoms with Gasteiger partial charge in [0.1, 0.15) is 5.60 Å². The summed E-state index contributed by atoms with van der Waals surface area (Å²) in [5.74, 6) is 0. The van der Waals surface area contributed by atoms with Gasteiger partial charge in [0.15, 0.2) is 0 Å². The molecule has 0 radical (unpaired) electrons. The summed E-state index contributed by atoms with van der Waals surface area (Å²) in [7, 11) is 0. The van der Waals surface area contributed by atoms with Crippen LogP contribution in [0, 0.1) is 0 Å². The Balaban J connectivity index is 2.15. The van der Waals surface area contributed by atoms with Crippen LogP contribution in [-0.2, 0) is 17.7 Å². The van der Waals surface area contributed by atoms with Crippen LogP contribution in [0.15, 0.2) is 18.2 Å². The predicted octanol–water partition coefficient (Wildman–Crippen LogP) is 3.64. The van der Waals surface area contributed by atoms with E-state index in [0.29, 0.717) is 24.2 Å². The third-order valence-electron chi connectivity index (χ3n) is 3.33. The molecule has 1 N–H and O–H groups in total. The minimum absolute atomic E-state index is 0.0436. The van der Waals surface area contributed by atoms with Gasteiger partial charge in [-0.3, -0.25) is 4.90 Å². The van der Waals surface area contributed by atoms with Crippen molar-refractivity contribution in [3.05, 3.63) is 29.3 Å². The minimum Gasteiger partial charge on any atom is -0.443 e. The lowest BCUT2D eigenvalue weighted by Gasteiger charge is -2.26. The maximum Gasteiger partial charge on any atom is 0.414 e. The molecule has 7 heteroatoms. The summed E-state index contributed by atoms with van der Waals surface area (Å²) in [5.41, 5.74) is 1.65. The molecule has 1 aliphatic heterocycles. The first-order chi connectivity index (χ1) is 10.6. The molecule has 0 unspecified atom stereocenters. The Hall–Kier alpha value is -1.76. The zero-order chi connectivity index (χ0) is 17.3. The molecule has 0 aromatic heterocycles. The van der Waals surface area contributed by atoms with Gasteiger partial charge in [0.2, 0.25) is 0 Å². The van der Waals surface area contributed by atoms with Crippen molar-refractivity contribution >= 4 is 11.8 Å². The molecule has 0 spiro atoms. The fourth-order valence-corrected chi connectivity index (χ4v) is 2.52. The van der Waals surface area contributed by atoms with Crippen LogP contribution in [0.1, 0.15) is 31.9 Å². The molecule has 128 valence electrons. The predicted molar refractivity (Wildman–Crippen MR) is 81.5 cm³/mol. The van der Waals surface area contributed by atoms with Gasteiger partial charge in [-0.25, -0.2) is 4.79 Å². The molecule has 0 atom stereocenters. The average molecular weight is 330 g/mol. The van der Waals surface area contributed by atoms with E-state index in [1.165, 1.54) is 4.90 Å². The third kappa shape index (κ3) is 4.86. The second kappa shape index (κ2) is 6.39. The van der Waals surface area contributed by atoms with Gasteiger partial charge in [0.25, 0.3) is 0 Å².